The Bertz CT molecular complexity index is 531. The summed E-state index contributed by atoms with van der Waals surface area (Å²) in [4.78, 5) is 14.3. The van der Waals surface area contributed by atoms with E-state index in [4.69, 9.17) is 11.6 Å². The highest BCUT2D eigenvalue weighted by Gasteiger charge is 2.10. The van der Waals surface area contributed by atoms with Crippen molar-refractivity contribution < 1.29 is 4.92 Å². The van der Waals surface area contributed by atoms with Gasteiger partial charge in [-0.3, -0.25) is 10.1 Å². The number of hydrogen-bond acceptors (Lipinski definition) is 5. The number of nitrogens with zero attached hydrogens (tertiary/aromatic N) is 2. The standard InChI is InChI=1S/C10H7ClN2O2S2/c11-9-2-1-8(13(14)15)5-7(9)6-17-10-12-3-4-16-10/h1-5H,6H2. The predicted octanol–water partition coefficient (Wildman–Crippen LogP) is 4.00. The Labute approximate surface area is 111 Å². The normalized spacial score (nSPS) is 10.4. The molecule has 1 aromatic heterocycles. The molecular weight excluding hydrogens is 280 g/mol. The molecular formula is C10H7ClN2O2S2. The van der Waals surface area contributed by atoms with Crippen LogP contribution in [0.4, 0.5) is 5.69 Å². The lowest BCUT2D eigenvalue weighted by Crippen LogP contribution is -1.90. The second-order valence-corrected chi connectivity index (χ2v) is 5.64. The van der Waals surface area contributed by atoms with E-state index in [-0.39, 0.29) is 5.69 Å². The van der Waals surface area contributed by atoms with Gasteiger partial charge >= 0.3 is 0 Å². The minimum atomic E-state index is -0.423. The number of non-ortho nitro benzene ring substituents is 1. The molecule has 0 saturated carbocycles. The maximum absolute atomic E-state index is 10.6. The van der Waals surface area contributed by atoms with Crippen LogP contribution in [0.3, 0.4) is 0 Å². The van der Waals surface area contributed by atoms with E-state index in [1.54, 1.807) is 12.3 Å². The largest absolute Gasteiger partial charge is 0.269 e. The lowest BCUT2D eigenvalue weighted by Gasteiger charge is -2.02. The molecule has 0 aliphatic heterocycles. The molecule has 1 heterocycles. The van der Waals surface area contributed by atoms with Crippen LogP contribution in [-0.2, 0) is 5.75 Å². The second-order valence-electron chi connectivity index (χ2n) is 3.12. The molecule has 0 amide bonds. The lowest BCUT2D eigenvalue weighted by atomic mass is 10.2. The lowest BCUT2D eigenvalue weighted by molar-refractivity contribution is -0.384. The topological polar surface area (TPSA) is 56.0 Å². The smallest absolute Gasteiger partial charge is 0.258 e. The predicted molar refractivity (Wildman–Crippen MR) is 69.8 cm³/mol. The molecule has 0 bridgehead atoms. The Balaban J connectivity index is 2.14. The molecule has 1 aromatic carbocycles. The zero-order chi connectivity index (χ0) is 12.3. The van der Waals surface area contributed by atoms with Crippen molar-refractivity contribution in [1.29, 1.82) is 0 Å². The summed E-state index contributed by atoms with van der Waals surface area (Å²) in [6, 6.07) is 4.46. The summed E-state index contributed by atoms with van der Waals surface area (Å²) < 4.78 is 0.924. The Hall–Kier alpha value is -1.11. The van der Waals surface area contributed by atoms with E-state index in [9.17, 15) is 10.1 Å². The van der Waals surface area contributed by atoms with Gasteiger partial charge < -0.3 is 0 Å². The van der Waals surface area contributed by atoms with E-state index < -0.39 is 4.92 Å². The molecule has 0 aliphatic rings. The summed E-state index contributed by atoms with van der Waals surface area (Å²) in [5.74, 6) is 0.577. The van der Waals surface area contributed by atoms with Crippen molar-refractivity contribution in [3.05, 3.63) is 50.5 Å². The van der Waals surface area contributed by atoms with Crippen LogP contribution in [0.1, 0.15) is 5.56 Å². The summed E-state index contributed by atoms with van der Waals surface area (Å²) in [6.07, 6.45) is 1.72. The van der Waals surface area contributed by atoms with Gasteiger partial charge in [0.05, 0.1) is 4.92 Å². The fraction of sp³-hybridized carbons (Fsp3) is 0.100. The van der Waals surface area contributed by atoms with Gasteiger partial charge in [0.1, 0.15) is 4.34 Å². The van der Waals surface area contributed by atoms with Crippen LogP contribution in [0.5, 0.6) is 0 Å². The van der Waals surface area contributed by atoms with Crippen molar-refractivity contribution in [1.82, 2.24) is 4.98 Å². The number of thioether (sulfide) groups is 1. The third kappa shape index (κ3) is 3.18. The van der Waals surface area contributed by atoms with Crippen molar-refractivity contribution >= 4 is 40.4 Å². The number of halogens is 1. The molecule has 2 rings (SSSR count). The van der Waals surface area contributed by atoms with Crippen LogP contribution in [0.15, 0.2) is 34.1 Å². The zero-order valence-electron chi connectivity index (χ0n) is 8.50. The highest BCUT2D eigenvalue weighted by atomic mass is 35.5. The summed E-state index contributed by atoms with van der Waals surface area (Å²) >= 11 is 9.04. The van der Waals surface area contributed by atoms with E-state index in [1.807, 2.05) is 5.38 Å². The van der Waals surface area contributed by atoms with Crippen molar-refractivity contribution in [2.24, 2.45) is 0 Å². The Morgan fingerprint density at radius 3 is 3.00 bits per heavy atom. The van der Waals surface area contributed by atoms with Crippen LogP contribution in [0, 0.1) is 10.1 Å². The quantitative estimate of drug-likeness (QED) is 0.484. The van der Waals surface area contributed by atoms with Gasteiger partial charge in [-0.05, 0) is 11.6 Å². The number of nitro benzene ring substituents is 1. The first-order valence-electron chi connectivity index (χ1n) is 4.62. The van der Waals surface area contributed by atoms with Gasteiger partial charge in [0.25, 0.3) is 5.69 Å². The molecule has 2 aromatic rings. The van der Waals surface area contributed by atoms with Gasteiger partial charge in [-0.15, -0.1) is 11.3 Å². The highest BCUT2D eigenvalue weighted by Crippen LogP contribution is 2.30. The third-order valence-electron chi connectivity index (χ3n) is 2.00. The molecule has 7 heteroatoms. The summed E-state index contributed by atoms with van der Waals surface area (Å²) in [7, 11) is 0. The van der Waals surface area contributed by atoms with Crippen molar-refractivity contribution in [2.45, 2.75) is 10.1 Å². The average Bonchev–Trinajstić information content (AvgIpc) is 2.80. The maximum atomic E-state index is 10.6. The number of rotatable bonds is 4. The second kappa shape index (κ2) is 5.48. The third-order valence-corrected chi connectivity index (χ3v) is 4.38. The van der Waals surface area contributed by atoms with Gasteiger partial charge in [-0.25, -0.2) is 4.98 Å². The molecule has 0 fully saturated rings. The molecule has 0 spiro atoms. The first-order valence-corrected chi connectivity index (χ1v) is 6.86. The van der Waals surface area contributed by atoms with Gasteiger partial charge in [-0.2, -0.15) is 0 Å². The monoisotopic (exact) mass is 286 g/mol. The van der Waals surface area contributed by atoms with Gasteiger partial charge in [0, 0.05) is 34.5 Å². The van der Waals surface area contributed by atoms with Crippen LogP contribution < -0.4 is 0 Å². The zero-order valence-corrected chi connectivity index (χ0v) is 10.9. The minimum Gasteiger partial charge on any atom is -0.258 e. The summed E-state index contributed by atoms with van der Waals surface area (Å²) in [5, 5.41) is 13.1. The number of benzene rings is 1. The number of nitro groups is 1. The molecule has 4 nitrogen and oxygen atoms in total. The minimum absolute atomic E-state index is 0.0594. The first-order chi connectivity index (χ1) is 8.16. The molecule has 0 saturated heterocycles. The van der Waals surface area contributed by atoms with Crippen LogP contribution in [0.2, 0.25) is 5.02 Å². The van der Waals surface area contributed by atoms with Crippen LogP contribution >= 0.6 is 34.7 Å². The van der Waals surface area contributed by atoms with Crippen molar-refractivity contribution in [2.75, 3.05) is 0 Å². The SMILES string of the molecule is O=[N+]([O-])c1ccc(Cl)c(CSc2nccs2)c1. The molecule has 17 heavy (non-hydrogen) atoms. The van der Waals surface area contributed by atoms with E-state index in [1.165, 1.54) is 35.2 Å². The van der Waals surface area contributed by atoms with Gasteiger partial charge in [0.2, 0.25) is 0 Å². The van der Waals surface area contributed by atoms with Crippen LogP contribution in [0.25, 0.3) is 0 Å². The van der Waals surface area contributed by atoms with Gasteiger partial charge in [0.15, 0.2) is 0 Å². The number of hydrogen-bond donors (Lipinski definition) is 0. The Morgan fingerprint density at radius 2 is 2.35 bits per heavy atom. The van der Waals surface area contributed by atoms with Crippen LogP contribution in [-0.4, -0.2) is 9.91 Å². The van der Waals surface area contributed by atoms with Gasteiger partial charge in [-0.1, -0.05) is 23.4 Å². The molecule has 0 N–H and O–H groups in total. The van der Waals surface area contributed by atoms with E-state index >= 15 is 0 Å². The summed E-state index contributed by atoms with van der Waals surface area (Å²) in [5.41, 5.74) is 0.810. The highest BCUT2D eigenvalue weighted by molar-refractivity contribution is 8.00. The molecule has 0 atom stereocenters. The molecule has 0 radical (unpaired) electrons. The average molecular weight is 287 g/mol. The fourth-order valence-electron chi connectivity index (χ4n) is 1.21. The van der Waals surface area contributed by atoms with E-state index in [0.717, 1.165) is 9.90 Å². The molecule has 0 unspecified atom stereocenters. The molecule has 88 valence electrons. The molecule has 0 aliphatic carbocycles. The number of aromatic nitrogens is 1. The Kier molecular flexibility index (Phi) is 3.98. The Morgan fingerprint density at radius 1 is 1.53 bits per heavy atom. The first kappa shape index (κ1) is 12.3. The summed E-state index contributed by atoms with van der Waals surface area (Å²) in [6.45, 7) is 0. The van der Waals surface area contributed by atoms with Crippen molar-refractivity contribution in [3.8, 4) is 0 Å². The van der Waals surface area contributed by atoms with E-state index in [2.05, 4.69) is 4.98 Å². The fourth-order valence-corrected chi connectivity index (χ4v) is 3.10. The van der Waals surface area contributed by atoms with Crippen molar-refractivity contribution in [3.63, 3.8) is 0 Å². The van der Waals surface area contributed by atoms with E-state index in [0.29, 0.717) is 10.8 Å². The maximum Gasteiger partial charge on any atom is 0.269 e. The number of thiazole rings is 1.